The average molecular weight is 245 g/mol. The molecule has 0 saturated heterocycles. The van der Waals surface area contributed by atoms with Crippen LogP contribution in [0.2, 0.25) is 0 Å². The molecule has 1 aromatic carbocycles. The van der Waals surface area contributed by atoms with Crippen LogP contribution < -0.4 is 5.32 Å². The molecule has 4 nitrogen and oxygen atoms in total. The Balaban J connectivity index is 2.27. The van der Waals surface area contributed by atoms with Gasteiger partial charge in [0.05, 0.1) is 5.56 Å². The van der Waals surface area contributed by atoms with Gasteiger partial charge in [-0.2, -0.15) is 0 Å². The van der Waals surface area contributed by atoms with Gasteiger partial charge in [0.2, 0.25) is 0 Å². The van der Waals surface area contributed by atoms with Crippen molar-refractivity contribution >= 4 is 11.6 Å². The van der Waals surface area contributed by atoms with Crippen LogP contribution >= 0.6 is 0 Å². The van der Waals surface area contributed by atoms with Gasteiger partial charge in [0.15, 0.2) is 0 Å². The molecule has 1 amide bonds. The van der Waals surface area contributed by atoms with Crippen molar-refractivity contribution in [3.63, 3.8) is 0 Å². The normalized spacial score (nSPS) is 10.4. The van der Waals surface area contributed by atoms with Crippen molar-refractivity contribution in [1.29, 1.82) is 0 Å². The number of hydrogen-bond donors (Lipinski definition) is 2. The van der Waals surface area contributed by atoms with E-state index in [9.17, 15) is 9.90 Å². The van der Waals surface area contributed by atoms with Crippen LogP contribution in [0.25, 0.3) is 0 Å². The molecular formula is C14H15NO3. The number of aryl methyl sites for hydroxylation is 2. The number of anilines is 1. The predicted octanol–water partition coefficient (Wildman–Crippen LogP) is 3.16. The molecule has 0 fully saturated rings. The molecule has 2 N–H and O–H groups in total. The zero-order valence-electron chi connectivity index (χ0n) is 10.6. The van der Waals surface area contributed by atoms with E-state index in [2.05, 4.69) is 5.32 Å². The smallest absolute Gasteiger partial charge is 0.259 e. The fourth-order valence-electron chi connectivity index (χ4n) is 1.80. The molecule has 0 aliphatic carbocycles. The molecule has 0 aliphatic rings. The maximum Gasteiger partial charge on any atom is 0.259 e. The Labute approximate surface area is 105 Å². The summed E-state index contributed by atoms with van der Waals surface area (Å²) < 4.78 is 5.32. The molecule has 0 spiro atoms. The third-order valence-electron chi connectivity index (χ3n) is 2.84. The zero-order valence-corrected chi connectivity index (χ0v) is 10.6. The lowest BCUT2D eigenvalue weighted by Crippen LogP contribution is -2.12. The predicted molar refractivity (Wildman–Crippen MR) is 69.0 cm³/mol. The van der Waals surface area contributed by atoms with Crippen LogP contribution in [0, 0.1) is 20.8 Å². The van der Waals surface area contributed by atoms with Gasteiger partial charge in [-0.3, -0.25) is 4.79 Å². The van der Waals surface area contributed by atoms with Crippen molar-refractivity contribution in [2.24, 2.45) is 0 Å². The lowest BCUT2D eigenvalue weighted by molar-refractivity contribution is 0.102. The molecule has 4 heteroatoms. The van der Waals surface area contributed by atoms with Gasteiger partial charge in [0.1, 0.15) is 17.3 Å². The van der Waals surface area contributed by atoms with Crippen molar-refractivity contribution in [3.8, 4) is 5.75 Å². The van der Waals surface area contributed by atoms with E-state index in [4.69, 9.17) is 4.42 Å². The second kappa shape index (κ2) is 4.56. The molecule has 94 valence electrons. The standard InChI is InChI=1S/C14H15NO3/c1-8-7-11(10(3)18-8)14(17)15-12-5-4-6-13(16)9(12)2/h4-7,16H,1-3H3,(H,15,17). The molecule has 0 aliphatic heterocycles. The molecule has 0 bridgehead atoms. The Morgan fingerprint density at radius 2 is 2.00 bits per heavy atom. The first-order chi connectivity index (χ1) is 8.49. The zero-order chi connectivity index (χ0) is 13.3. The summed E-state index contributed by atoms with van der Waals surface area (Å²) in [4.78, 5) is 12.1. The van der Waals surface area contributed by atoms with Crippen molar-refractivity contribution in [3.05, 3.63) is 46.9 Å². The molecular weight excluding hydrogens is 230 g/mol. The third-order valence-corrected chi connectivity index (χ3v) is 2.84. The van der Waals surface area contributed by atoms with E-state index in [0.29, 0.717) is 28.3 Å². The van der Waals surface area contributed by atoms with Crippen LogP contribution in [0.15, 0.2) is 28.7 Å². The number of carbonyl (C=O) groups is 1. The summed E-state index contributed by atoms with van der Waals surface area (Å²) in [5.41, 5.74) is 1.75. The van der Waals surface area contributed by atoms with Gasteiger partial charge in [-0.1, -0.05) is 6.07 Å². The highest BCUT2D eigenvalue weighted by atomic mass is 16.3. The van der Waals surface area contributed by atoms with Crippen LogP contribution in [0.5, 0.6) is 5.75 Å². The number of amides is 1. The van der Waals surface area contributed by atoms with Gasteiger partial charge in [-0.05, 0) is 39.0 Å². The topological polar surface area (TPSA) is 62.5 Å². The minimum atomic E-state index is -0.238. The summed E-state index contributed by atoms with van der Waals surface area (Å²) >= 11 is 0. The molecule has 0 radical (unpaired) electrons. The van der Waals surface area contributed by atoms with Gasteiger partial charge in [-0.15, -0.1) is 0 Å². The molecule has 0 unspecified atom stereocenters. The molecule has 18 heavy (non-hydrogen) atoms. The van der Waals surface area contributed by atoms with E-state index in [0.717, 1.165) is 0 Å². The van der Waals surface area contributed by atoms with E-state index in [1.165, 1.54) is 0 Å². The van der Waals surface area contributed by atoms with Crippen molar-refractivity contribution in [2.75, 3.05) is 5.32 Å². The number of nitrogens with one attached hydrogen (secondary N) is 1. The first-order valence-corrected chi connectivity index (χ1v) is 5.66. The summed E-state index contributed by atoms with van der Waals surface area (Å²) in [6, 6.07) is 6.71. The highest BCUT2D eigenvalue weighted by Crippen LogP contribution is 2.25. The first kappa shape index (κ1) is 12.2. The number of hydrogen-bond acceptors (Lipinski definition) is 3. The van der Waals surface area contributed by atoms with Crippen molar-refractivity contribution in [2.45, 2.75) is 20.8 Å². The Kier molecular flexibility index (Phi) is 3.10. The Morgan fingerprint density at radius 3 is 2.61 bits per heavy atom. The lowest BCUT2D eigenvalue weighted by Gasteiger charge is -2.08. The Bertz CT molecular complexity index is 599. The Hall–Kier alpha value is -2.23. The van der Waals surface area contributed by atoms with Gasteiger partial charge in [0.25, 0.3) is 5.91 Å². The number of benzene rings is 1. The summed E-state index contributed by atoms with van der Waals surface area (Å²) in [6.07, 6.45) is 0. The lowest BCUT2D eigenvalue weighted by atomic mass is 10.1. The van der Waals surface area contributed by atoms with Crippen molar-refractivity contribution in [1.82, 2.24) is 0 Å². The highest BCUT2D eigenvalue weighted by Gasteiger charge is 2.14. The van der Waals surface area contributed by atoms with E-state index in [-0.39, 0.29) is 11.7 Å². The Morgan fingerprint density at radius 1 is 1.28 bits per heavy atom. The monoisotopic (exact) mass is 245 g/mol. The van der Waals surface area contributed by atoms with Crippen LogP contribution in [0.4, 0.5) is 5.69 Å². The summed E-state index contributed by atoms with van der Waals surface area (Å²) in [5.74, 6) is 1.21. The molecule has 2 rings (SSSR count). The molecule has 0 atom stereocenters. The average Bonchev–Trinajstić information content (AvgIpc) is 2.64. The van der Waals surface area contributed by atoms with Gasteiger partial charge >= 0.3 is 0 Å². The first-order valence-electron chi connectivity index (χ1n) is 5.66. The highest BCUT2D eigenvalue weighted by molar-refractivity contribution is 6.05. The third kappa shape index (κ3) is 2.22. The molecule has 1 heterocycles. The van der Waals surface area contributed by atoms with Gasteiger partial charge in [-0.25, -0.2) is 0 Å². The largest absolute Gasteiger partial charge is 0.508 e. The number of phenolic OH excluding ortho intramolecular Hbond substituents is 1. The fraction of sp³-hybridized carbons (Fsp3) is 0.214. The second-order valence-electron chi connectivity index (χ2n) is 4.23. The van der Waals surface area contributed by atoms with Crippen LogP contribution in [-0.2, 0) is 0 Å². The fourth-order valence-corrected chi connectivity index (χ4v) is 1.80. The minimum Gasteiger partial charge on any atom is -0.508 e. The quantitative estimate of drug-likeness (QED) is 0.854. The summed E-state index contributed by atoms with van der Waals surface area (Å²) in [7, 11) is 0. The summed E-state index contributed by atoms with van der Waals surface area (Å²) in [5, 5.41) is 12.3. The maximum atomic E-state index is 12.1. The molecule has 1 aromatic heterocycles. The van der Waals surface area contributed by atoms with E-state index in [1.807, 2.05) is 0 Å². The number of rotatable bonds is 2. The number of furan rings is 1. The maximum absolute atomic E-state index is 12.1. The van der Waals surface area contributed by atoms with Crippen molar-refractivity contribution < 1.29 is 14.3 Å². The van der Waals surface area contributed by atoms with Crippen LogP contribution in [0.3, 0.4) is 0 Å². The summed E-state index contributed by atoms with van der Waals surface area (Å²) in [6.45, 7) is 5.29. The second-order valence-corrected chi connectivity index (χ2v) is 4.23. The van der Waals surface area contributed by atoms with E-state index in [1.54, 1.807) is 45.0 Å². The number of phenols is 1. The van der Waals surface area contributed by atoms with Crippen LogP contribution in [0.1, 0.15) is 27.4 Å². The SMILES string of the molecule is Cc1cc(C(=O)Nc2cccc(O)c2C)c(C)o1. The molecule has 2 aromatic rings. The van der Waals surface area contributed by atoms with Crippen LogP contribution in [-0.4, -0.2) is 11.0 Å². The van der Waals surface area contributed by atoms with Gasteiger partial charge < -0.3 is 14.8 Å². The van der Waals surface area contributed by atoms with E-state index < -0.39 is 0 Å². The minimum absolute atomic E-state index is 0.160. The number of carbonyl (C=O) groups excluding carboxylic acids is 1. The van der Waals surface area contributed by atoms with Gasteiger partial charge in [0, 0.05) is 11.3 Å². The van der Waals surface area contributed by atoms with E-state index >= 15 is 0 Å². The molecule has 0 saturated carbocycles. The number of aromatic hydroxyl groups is 1.